The van der Waals surface area contributed by atoms with E-state index in [1.807, 2.05) is 0 Å². The van der Waals surface area contributed by atoms with Gasteiger partial charge in [0.15, 0.2) is 23.3 Å². The lowest BCUT2D eigenvalue weighted by atomic mass is 10.1. The molecule has 0 bridgehead atoms. The van der Waals surface area contributed by atoms with Gasteiger partial charge in [-0.3, -0.25) is 0 Å². The van der Waals surface area contributed by atoms with E-state index >= 15 is 0 Å². The lowest BCUT2D eigenvalue weighted by Crippen LogP contribution is -2.61. The average Bonchev–Trinajstić information content (AvgIpc) is 2.53. The molecule has 16 heteroatoms. The van der Waals surface area contributed by atoms with Gasteiger partial charge in [0.05, 0.1) is 5.30 Å². The molecule has 1 rings (SSSR count). The maximum Gasteiger partial charge on any atom is 0.460 e. The van der Waals surface area contributed by atoms with Crippen LogP contribution in [0, 0.1) is 29.1 Å². The van der Waals surface area contributed by atoms with Crippen LogP contribution in [0.4, 0.5) is 65.9 Å². The standard InChI is InChI=1S/C11H2F15P/c12-1-27(7-5(16)3(14)2(13)4(15)6(7)17)11(25,26)9(20,21)8(18,19)10(22,23)24/h1H2. The summed E-state index contributed by atoms with van der Waals surface area (Å²) in [5.41, 5.74) is -6.88. The molecule has 1 aromatic carbocycles. The first kappa shape index (κ1) is 23.6. The number of hydrogen-bond acceptors (Lipinski definition) is 0. The number of benzene rings is 1. The van der Waals surface area contributed by atoms with E-state index in [9.17, 15) is 65.9 Å². The number of hydrogen-bond donors (Lipinski definition) is 0. The molecule has 0 aliphatic carbocycles. The molecule has 0 aliphatic heterocycles. The average molecular weight is 450 g/mol. The molecular weight excluding hydrogens is 448 g/mol. The van der Waals surface area contributed by atoms with E-state index in [0.29, 0.717) is 0 Å². The van der Waals surface area contributed by atoms with Crippen LogP contribution >= 0.6 is 7.92 Å². The monoisotopic (exact) mass is 450 g/mol. The molecular formula is C11H2F15P. The third-order valence-electron chi connectivity index (χ3n) is 3.04. The van der Waals surface area contributed by atoms with Crippen molar-refractivity contribution in [2.75, 3.05) is 6.42 Å². The fourth-order valence-corrected chi connectivity index (χ4v) is 3.34. The second-order valence-electron chi connectivity index (χ2n) is 4.65. The largest absolute Gasteiger partial charge is 0.460 e. The maximum absolute atomic E-state index is 13.7. The van der Waals surface area contributed by atoms with Gasteiger partial charge in [0.1, 0.15) is 6.42 Å². The van der Waals surface area contributed by atoms with E-state index in [1.165, 1.54) is 0 Å². The minimum atomic E-state index is -7.54. The Morgan fingerprint density at radius 1 is 0.556 bits per heavy atom. The first-order chi connectivity index (χ1) is 11.9. The predicted octanol–water partition coefficient (Wildman–Crippen LogP) is 5.84. The molecule has 1 aromatic rings. The first-order valence-corrected chi connectivity index (χ1v) is 7.45. The van der Waals surface area contributed by atoms with E-state index in [4.69, 9.17) is 0 Å². The molecule has 27 heavy (non-hydrogen) atoms. The van der Waals surface area contributed by atoms with E-state index < -0.39 is 72.4 Å². The van der Waals surface area contributed by atoms with E-state index in [2.05, 4.69) is 0 Å². The summed E-state index contributed by atoms with van der Waals surface area (Å²) in [6, 6.07) is 0. The third kappa shape index (κ3) is 3.31. The topological polar surface area (TPSA) is 0 Å². The van der Waals surface area contributed by atoms with Crippen molar-refractivity contribution in [2.45, 2.75) is 23.7 Å². The third-order valence-corrected chi connectivity index (χ3v) is 5.17. The summed E-state index contributed by atoms with van der Waals surface area (Å²) < 4.78 is 194. The van der Waals surface area contributed by atoms with Crippen molar-refractivity contribution < 1.29 is 65.9 Å². The Balaban J connectivity index is 3.76. The molecule has 0 spiro atoms. The molecule has 0 saturated heterocycles. The van der Waals surface area contributed by atoms with Crippen LogP contribution in [0.25, 0.3) is 0 Å². The summed E-state index contributed by atoms with van der Waals surface area (Å²) in [5, 5.41) is -2.95. The van der Waals surface area contributed by atoms with Gasteiger partial charge in [-0.05, 0) is 0 Å². The summed E-state index contributed by atoms with van der Waals surface area (Å²) in [7, 11) is -5.41. The van der Waals surface area contributed by atoms with Gasteiger partial charge in [0.25, 0.3) is 0 Å². The molecule has 0 N–H and O–H groups in total. The molecule has 0 aliphatic rings. The summed E-state index contributed by atoms with van der Waals surface area (Å²) >= 11 is 0. The van der Waals surface area contributed by atoms with Crippen LogP contribution in [0.2, 0.25) is 0 Å². The Hall–Kier alpha value is -1.40. The van der Waals surface area contributed by atoms with Crippen LogP contribution in [-0.2, 0) is 0 Å². The van der Waals surface area contributed by atoms with Crippen LogP contribution in [0.3, 0.4) is 0 Å². The van der Waals surface area contributed by atoms with E-state index in [-0.39, 0.29) is 0 Å². The Bertz CT molecular complexity index is 692. The fourth-order valence-electron chi connectivity index (χ4n) is 1.64. The summed E-state index contributed by atoms with van der Waals surface area (Å²) in [6.07, 6.45) is -10.4. The molecule has 0 nitrogen and oxygen atoms in total. The molecule has 0 fully saturated rings. The highest BCUT2D eigenvalue weighted by Crippen LogP contribution is 2.65. The van der Waals surface area contributed by atoms with Gasteiger partial charge in [-0.1, -0.05) is 0 Å². The van der Waals surface area contributed by atoms with Crippen molar-refractivity contribution in [3.05, 3.63) is 29.1 Å². The van der Waals surface area contributed by atoms with Gasteiger partial charge < -0.3 is 0 Å². The maximum atomic E-state index is 13.7. The predicted molar refractivity (Wildman–Crippen MR) is 59.7 cm³/mol. The molecule has 0 saturated carbocycles. The van der Waals surface area contributed by atoms with Crippen LogP contribution in [0.1, 0.15) is 0 Å². The highest BCUT2D eigenvalue weighted by Gasteiger charge is 2.83. The molecule has 0 aromatic heterocycles. The van der Waals surface area contributed by atoms with Gasteiger partial charge in [0, 0.05) is 7.92 Å². The quantitative estimate of drug-likeness (QED) is 0.229. The van der Waals surface area contributed by atoms with Crippen LogP contribution in [0.5, 0.6) is 0 Å². The number of alkyl halides is 10. The normalized spacial score (nSPS) is 15.2. The smallest absolute Gasteiger partial charge is 0.246 e. The SMILES string of the molecule is FCP(c1c(F)c(F)c(F)c(F)c1F)C(F)(F)C(F)(F)C(F)(F)C(F)(F)F. The Morgan fingerprint density at radius 2 is 0.889 bits per heavy atom. The molecule has 0 amide bonds. The highest BCUT2D eigenvalue weighted by molar-refractivity contribution is 7.66. The van der Waals surface area contributed by atoms with Crippen LogP contribution < -0.4 is 5.30 Å². The lowest BCUT2D eigenvalue weighted by molar-refractivity contribution is -0.382. The van der Waals surface area contributed by atoms with E-state index in [1.54, 1.807) is 0 Å². The zero-order valence-corrected chi connectivity index (χ0v) is 12.7. The van der Waals surface area contributed by atoms with Gasteiger partial charge in [0.2, 0.25) is 5.82 Å². The van der Waals surface area contributed by atoms with Gasteiger partial charge in [-0.15, -0.1) is 0 Å². The van der Waals surface area contributed by atoms with Crippen LogP contribution in [0.15, 0.2) is 0 Å². The number of rotatable bonds is 5. The zero-order chi connectivity index (χ0) is 21.7. The van der Waals surface area contributed by atoms with E-state index in [0.717, 1.165) is 0 Å². The van der Waals surface area contributed by atoms with Crippen molar-refractivity contribution in [1.82, 2.24) is 0 Å². The fraction of sp³-hybridized carbons (Fsp3) is 0.455. The lowest BCUT2D eigenvalue weighted by Gasteiger charge is -2.37. The molecule has 1 unspecified atom stereocenters. The molecule has 0 radical (unpaired) electrons. The highest BCUT2D eigenvalue weighted by atomic mass is 31.1. The summed E-state index contributed by atoms with van der Waals surface area (Å²) in [4.78, 5) is 0. The number of halogens is 15. The Kier molecular flexibility index (Phi) is 6.03. The van der Waals surface area contributed by atoms with Crippen molar-refractivity contribution in [1.29, 1.82) is 0 Å². The minimum absolute atomic E-state index is 2.95. The van der Waals surface area contributed by atoms with Gasteiger partial charge in [-0.2, -0.15) is 39.5 Å². The van der Waals surface area contributed by atoms with Crippen LogP contribution in [-0.4, -0.2) is 30.1 Å². The zero-order valence-electron chi connectivity index (χ0n) is 11.8. The Labute approximate surface area is 139 Å². The second-order valence-corrected chi connectivity index (χ2v) is 6.76. The Morgan fingerprint density at radius 3 is 1.19 bits per heavy atom. The van der Waals surface area contributed by atoms with Gasteiger partial charge in [-0.25, -0.2) is 26.3 Å². The molecule has 156 valence electrons. The minimum Gasteiger partial charge on any atom is -0.246 e. The summed E-state index contributed by atoms with van der Waals surface area (Å²) in [5.74, 6) is -30.6. The summed E-state index contributed by atoms with van der Waals surface area (Å²) in [6.45, 7) is 0. The first-order valence-electron chi connectivity index (χ1n) is 5.93. The van der Waals surface area contributed by atoms with Crippen molar-refractivity contribution in [2.24, 2.45) is 0 Å². The van der Waals surface area contributed by atoms with Crippen molar-refractivity contribution >= 4 is 13.2 Å². The second kappa shape index (κ2) is 6.89. The molecule has 0 heterocycles. The van der Waals surface area contributed by atoms with Gasteiger partial charge >= 0.3 is 23.7 Å². The molecule has 1 atom stereocenters. The van der Waals surface area contributed by atoms with Crippen molar-refractivity contribution in [3.63, 3.8) is 0 Å². The van der Waals surface area contributed by atoms with Crippen molar-refractivity contribution in [3.8, 4) is 0 Å².